The number of pyridine rings is 1. The van der Waals surface area contributed by atoms with E-state index in [1.807, 2.05) is 0 Å². The molecule has 0 aliphatic heterocycles. The molecule has 8 nitrogen and oxygen atoms in total. The molecule has 2 heterocycles. The highest BCUT2D eigenvalue weighted by atomic mass is 35.5. The average Bonchev–Trinajstić information content (AvgIpc) is 3.01. The van der Waals surface area contributed by atoms with Gasteiger partial charge in [0.15, 0.2) is 5.82 Å². The number of hydrogen-bond acceptors (Lipinski definition) is 5. The Hall–Kier alpha value is -3.47. The maximum Gasteiger partial charge on any atom is 0.417 e. The first-order valence-electron chi connectivity index (χ1n) is 7.92. The minimum absolute atomic E-state index is 0.0250. The molecule has 0 aliphatic carbocycles. The number of nitro groups is 1. The van der Waals surface area contributed by atoms with Crippen molar-refractivity contribution in [2.24, 2.45) is 0 Å². The van der Waals surface area contributed by atoms with Crippen molar-refractivity contribution >= 4 is 29.0 Å². The molecule has 2 aromatic heterocycles. The Morgan fingerprint density at radius 2 is 1.97 bits per heavy atom. The highest BCUT2D eigenvalue weighted by Gasteiger charge is 2.30. The number of aryl methyl sites for hydroxylation is 1. The van der Waals surface area contributed by atoms with Crippen molar-refractivity contribution in [2.75, 3.05) is 5.32 Å². The number of nitrogens with one attached hydrogen (secondary N) is 1. The zero-order valence-electron chi connectivity index (χ0n) is 14.6. The lowest BCUT2D eigenvalue weighted by Gasteiger charge is -2.10. The third-order valence-corrected chi connectivity index (χ3v) is 4.09. The molecular weight excluding hydrogens is 415 g/mol. The van der Waals surface area contributed by atoms with Gasteiger partial charge in [-0.3, -0.25) is 14.9 Å². The lowest BCUT2D eigenvalue weighted by Crippen LogP contribution is -2.16. The number of hydrogen-bond donors (Lipinski definition) is 1. The SMILES string of the molecule is Cc1cc(NC(=O)c2ccc([N+](=O)[O-])cc2Cl)n(-c2ccc(C(F)(F)F)cn2)n1. The highest BCUT2D eigenvalue weighted by Crippen LogP contribution is 2.29. The maximum atomic E-state index is 12.7. The number of carbonyl (C=O) groups is 1. The van der Waals surface area contributed by atoms with E-state index in [0.29, 0.717) is 11.9 Å². The summed E-state index contributed by atoms with van der Waals surface area (Å²) in [4.78, 5) is 26.4. The molecule has 29 heavy (non-hydrogen) atoms. The number of aromatic nitrogens is 3. The van der Waals surface area contributed by atoms with Crippen molar-refractivity contribution in [1.29, 1.82) is 0 Å². The lowest BCUT2D eigenvalue weighted by molar-refractivity contribution is -0.384. The first-order chi connectivity index (χ1) is 13.6. The van der Waals surface area contributed by atoms with Gasteiger partial charge in [-0.25, -0.2) is 4.98 Å². The van der Waals surface area contributed by atoms with Crippen LogP contribution < -0.4 is 5.32 Å². The number of carbonyl (C=O) groups excluding carboxylic acids is 1. The van der Waals surface area contributed by atoms with E-state index in [9.17, 15) is 28.1 Å². The molecule has 0 radical (unpaired) electrons. The van der Waals surface area contributed by atoms with Crippen molar-refractivity contribution < 1.29 is 22.9 Å². The third-order valence-electron chi connectivity index (χ3n) is 3.77. The minimum Gasteiger partial charge on any atom is -0.306 e. The number of anilines is 1. The molecule has 1 aromatic carbocycles. The zero-order valence-corrected chi connectivity index (χ0v) is 15.3. The summed E-state index contributed by atoms with van der Waals surface area (Å²) in [5.41, 5.74) is -0.755. The van der Waals surface area contributed by atoms with Gasteiger partial charge < -0.3 is 5.32 Å². The van der Waals surface area contributed by atoms with E-state index in [0.717, 1.165) is 28.9 Å². The predicted molar refractivity (Wildman–Crippen MR) is 97.2 cm³/mol. The average molecular weight is 426 g/mol. The number of rotatable bonds is 4. The molecule has 0 bridgehead atoms. The highest BCUT2D eigenvalue weighted by molar-refractivity contribution is 6.34. The van der Waals surface area contributed by atoms with E-state index in [2.05, 4.69) is 15.4 Å². The third kappa shape index (κ3) is 4.35. The largest absolute Gasteiger partial charge is 0.417 e. The number of amides is 1. The van der Waals surface area contributed by atoms with Gasteiger partial charge in [-0.05, 0) is 25.1 Å². The van der Waals surface area contributed by atoms with Crippen molar-refractivity contribution in [3.05, 3.63) is 74.6 Å². The topological polar surface area (TPSA) is 103 Å². The molecule has 12 heteroatoms. The molecule has 0 unspecified atom stereocenters. The van der Waals surface area contributed by atoms with Crippen LogP contribution in [0.15, 0.2) is 42.6 Å². The van der Waals surface area contributed by atoms with E-state index in [1.54, 1.807) is 6.92 Å². The minimum atomic E-state index is -4.53. The molecule has 1 amide bonds. The van der Waals surface area contributed by atoms with Gasteiger partial charge in [-0.15, -0.1) is 0 Å². The Morgan fingerprint density at radius 3 is 2.52 bits per heavy atom. The van der Waals surface area contributed by atoms with Gasteiger partial charge in [-0.1, -0.05) is 11.6 Å². The Bertz CT molecular complexity index is 1100. The standard InChI is InChI=1S/C17H11ClF3N5O3/c1-9-6-15(23-16(27)12-4-3-11(26(28)29)7-13(12)18)25(24-9)14-5-2-10(8-22-14)17(19,20)21/h2-8H,1H3,(H,23,27). The van der Waals surface area contributed by atoms with Crippen molar-refractivity contribution in [1.82, 2.24) is 14.8 Å². The maximum absolute atomic E-state index is 12.7. The summed E-state index contributed by atoms with van der Waals surface area (Å²) in [7, 11) is 0. The second-order valence-corrected chi connectivity index (χ2v) is 6.27. The molecule has 0 saturated carbocycles. The number of benzene rings is 1. The van der Waals surface area contributed by atoms with Crippen LogP contribution in [0.5, 0.6) is 0 Å². The van der Waals surface area contributed by atoms with Crippen LogP contribution in [-0.4, -0.2) is 25.6 Å². The number of halogens is 4. The van der Waals surface area contributed by atoms with Gasteiger partial charge in [0.25, 0.3) is 11.6 Å². The predicted octanol–water partition coefficient (Wildman–Crippen LogP) is 4.41. The van der Waals surface area contributed by atoms with Gasteiger partial charge >= 0.3 is 6.18 Å². The fraction of sp³-hybridized carbons (Fsp3) is 0.118. The smallest absolute Gasteiger partial charge is 0.306 e. The summed E-state index contributed by atoms with van der Waals surface area (Å²) in [5.74, 6) is -0.497. The normalized spacial score (nSPS) is 11.3. The number of non-ortho nitro benzene ring substituents is 1. The first-order valence-corrected chi connectivity index (χ1v) is 8.29. The molecular formula is C17H11ClF3N5O3. The van der Waals surface area contributed by atoms with Crippen LogP contribution in [0.4, 0.5) is 24.7 Å². The molecule has 0 aliphatic rings. The Balaban J connectivity index is 1.90. The Morgan fingerprint density at radius 1 is 1.24 bits per heavy atom. The molecule has 1 N–H and O–H groups in total. The van der Waals surface area contributed by atoms with Crippen molar-refractivity contribution in [3.8, 4) is 5.82 Å². The van der Waals surface area contributed by atoms with Crippen molar-refractivity contribution in [3.63, 3.8) is 0 Å². The summed E-state index contributed by atoms with van der Waals surface area (Å²) in [6.07, 6.45) is -3.87. The second-order valence-electron chi connectivity index (χ2n) is 5.86. The molecule has 150 valence electrons. The first kappa shape index (κ1) is 20.3. The summed E-state index contributed by atoms with van der Waals surface area (Å²) in [6, 6.07) is 6.80. The Labute approximate surface area is 166 Å². The summed E-state index contributed by atoms with van der Waals surface area (Å²) >= 11 is 5.95. The summed E-state index contributed by atoms with van der Waals surface area (Å²) in [6.45, 7) is 1.62. The van der Waals surface area contributed by atoms with Gasteiger partial charge in [0, 0.05) is 24.4 Å². The van der Waals surface area contributed by atoms with Crippen LogP contribution in [-0.2, 0) is 6.18 Å². The monoisotopic (exact) mass is 425 g/mol. The van der Waals surface area contributed by atoms with Crippen LogP contribution in [0.25, 0.3) is 5.82 Å². The van der Waals surface area contributed by atoms with E-state index in [4.69, 9.17) is 11.6 Å². The van der Waals surface area contributed by atoms with Crippen LogP contribution in [0.2, 0.25) is 5.02 Å². The zero-order chi connectivity index (χ0) is 21.3. The van der Waals surface area contributed by atoms with E-state index in [1.165, 1.54) is 12.1 Å². The van der Waals surface area contributed by atoms with Crippen LogP contribution in [0.1, 0.15) is 21.6 Å². The Kier molecular flexibility index (Phi) is 5.25. The fourth-order valence-electron chi connectivity index (χ4n) is 2.43. The molecule has 0 atom stereocenters. The van der Waals surface area contributed by atoms with E-state index in [-0.39, 0.29) is 27.9 Å². The van der Waals surface area contributed by atoms with Gasteiger partial charge in [0.2, 0.25) is 0 Å². The van der Waals surface area contributed by atoms with Crippen LogP contribution in [0.3, 0.4) is 0 Å². The fourth-order valence-corrected chi connectivity index (χ4v) is 2.69. The summed E-state index contributed by atoms with van der Waals surface area (Å²) in [5, 5.41) is 17.3. The molecule has 0 fully saturated rings. The quantitative estimate of drug-likeness (QED) is 0.492. The van der Waals surface area contributed by atoms with Crippen LogP contribution >= 0.6 is 11.6 Å². The van der Waals surface area contributed by atoms with Crippen LogP contribution in [0, 0.1) is 17.0 Å². The van der Waals surface area contributed by atoms with Gasteiger partial charge in [0.1, 0.15) is 5.82 Å². The molecule has 0 spiro atoms. The molecule has 3 aromatic rings. The van der Waals surface area contributed by atoms with E-state index >= 15 is 0 Å². The van der Waals surface area contributed by atoms with Gasteiger partial charge in [0.05, 0.1) is 26.8 Å². The summed E-state index contributed by atoms with van der Waals surface area (Å²) < 4.78 is 39.3. The molecule has 0 saturated heterocycles. The molecule has 3 rings (SSSR count). The number of nitrogens with zero attached hydrogens (tertiary/aromatic N) is 4. The van der Waals surface area contributed by atoms with E-state index < -0.39 is 22.6 Å². The van der Waals surface area contributed by atoms with Crippen molar-refractivity contribution in [2.45, 2.75) is 13.1 Å². The van der Waals surface area contributed by atoms with Gasteiger partial charge in [-0.2, -0.15) is 23.0 Å². The lowest BCUT2D eigenvalue weighted by atomic mass is 10.2. The second kappa shape index (κ2) is 7.51. The number of alkyl halides is 3. The number of nitro benzene ring substituents is 1.